The average Bonchev–Trinajstić information content (AvgIpc) is 3.39. The Kier molecular flexibility index (Phi) is 60.7. The van der Waals surface area contributed by atoms with E-state index in [0.717, 1.165) is 64.2 Å². The number of allylic oxidation sites excluding steroid dienone is 13. The van der Waals surface area contributed by atoms with Crippen LogP contribution in [-0.4, -0.2) is 34.9 Å². The Morgan fingerprint density at radius 1 is 0.347 bits per heavy atom. The van der Waals surface area contributed by atoms with E-state index < -0.39 is 12.1 Å². The van der Waals surface area contributed by atoms with Gasteiger partial charge in [0.05, 0.1) is 18.8 Å². The average molecular weight is 1000 g/mol. The number of carbonyl (C=O) groups excluding carboxylic acids is 1. The van der Waals surface area contributed by atoms with Crippen LogP contribution in [0.2, 0.25) is 0 Å². The fraction of sp³-hybridized carbons (Fsp3) is 0.779. The minimum atomic E-state index is -0.866. The number of nitrogens with one attached hydrogen (secondary N) is 1. The second-order valence-electron chi connectivity index (χ2n) is 21.4. The summed E-state index contributed by atoms with van der Waals surface area (Å²) < 4.78 is 0. The largest absolute Gasteiger partial charge is 0.394 e. The van der Waals surface area contributed by atoms with E-state index in [1.807, 2.05) is 6.08 Å². The molecule has 0 spiro atoms. The molecule has 2 unspecified atom stereocenters. The molecule has 0 aromatic heterocycles. The predicted molar refractivity (Wildman–Crippen MR) is 322 cm³/mol. The highest BCUT2D eigenvalue weighted by atomic mass is 16.3. The molecule has 1 amide bonds. The highest BCUT2D eigenvalue weighted by molar-refractivity contribution is 5.76. The van der Waals surface area contributed by atoms with Gasteiger partial charge in [-0.05, 0) is 77.0 Å². The van der Waals surface area contributed by atoms with E-state index in [-0.39, 0.29) is 12.5 Å². The maximum absolute atomic E-state index is 12.5. The number of rotatable bonds is 58. The predicted octanol–water partition coefficient (Wildman–Crippen LogP) is 21.5. The van der Waals surface area contributed by atoms with Crippen molar-refractivity contribution in [2.75, 3.05) is 6.61 Å². The molecule has 0 bridgehead atoms. The van der Waals surface area contributed by atoms with Crippen LogP contribution in [0.3, 0.4) is 0 Å². The Balaban J connectivity index is 3.49. The summed E-state index contributed by atoms with van der Waals surface area (Å²) in [6.07, 6.45) is 92.1. The van der Waals surface area contributed by atoms with Crippen LogP contribution in [0.25, 0.3) is 0 Å². The van der Waals surface area contributed by atoms with Gasteiger partial charge in [-0.25, -0.2) is 0 Å². The van der Waals surface area contributed by atoms with Crippen molar-refractivity contribution in [3.63, 3.8) is 0 Å². The first-order valence-electron chi connectivity index (χ1n) is 31.8. The fourth-order valence-corrected chi connectivity index (χ4v) is 9.58. The van der Waals surface area contributed by atoms with Crippen molar-refractivity contribution in [1.29, 1.82) is 0 Å². The van der Waals surface area contributed by atoms with Gasteiger partial charge in [0.25, 0.3) is 0 Å². The van der Waals surface area contributed by atoms with Crippen molar-refractivity contribution in [2.24, 2.45) is 0 Å². The van der Waals surface area contributed by atoms with Gasteiger partial charge in [0.15, 0.2) is 0 Å². The molecule has 0 aliphatic rings. The SMILES string of the molecule is CC/C=C\C/C=C\C/C=C\C/C=C\C/C=C\CCCCCCCCCCCCCCCCCCCCCC(=O)NC(CO)C(O)/C=C/CC/C=C/CCCCCCCCCCCCCCCCCCCCC. The molecule has 4 heteroatoms. The lowest BCUT2D eigenvalue weighted by Gasteiger charge is -2.19. The van der Waals surface area contributed by atoms with Gasteiger partial charge in [0.1, 0.15) is 0 Å². The number of unbranched alkanes of at least 4 members (excludes halogenated alkanes) is 39. The van der Waals surface area contributed by atoms with E-state index in [0.29, 0.717) is 6.42 Å². The molecule has 0 saturated carbocycles. The molecule has 0 aliphatic carbocycles. The molecule has 0 radical (unpaired) electrons. The van der Waals surface area contributed by atoms with Crippen molar-refractivity contribution in [3.05, 3.63) is 85.1 Å². The molecule has 418 valence electrons. The molecular formula is C68H123NO3. The van der Waals surface area contributed by atoms with Gasteiger partial charge in [-0.15, -0.1) is 0 Å². The molecule has 0 rings (SSSR count). The third kappa shape index (κ3) is 58.5. The zero-order valence-corrected chi connectivity index (χ0v) is 48.2. The van der Waals surface area contributed by atoms with Crippen molar-refractivity contribution in [3.8, 4) is 0 Å². The van der Waals surface area contributed by atoms with Crippen molar-refractivity contribution >= 4 is 5.91 Å². The zero-order valence-electron chi connectivity index (χ0n) is 48.2. The Hall–Kier alpha value is -2.43. The van der Waals surface area contributed by atoms with Crippen LogP contribution in [0, 0.1) is 0 Å². The van der Waals surface area contributed by atoms with Crippen molar-refractivity contribution in [1.82, 2.24) is 5.32 Å². The van der Waals surface area contributed by atoms with Crippen LogP contribution in [0.4, 0.5) is 0 Å². The fourth-order valence-electron chi connectivity index (χ4n) is 9.58. The van der Waals surface area contributed by atoms with Gasteiger partial charge >= 0.3 is 0 Å². The third-order valence-corrected chi connectivity index (χ3v) is 14.4. The molecule has 0 aromatic rings. The van der Waals surface area contributed by atoms with Gasteiger partial charge < -0.3 is 15.5 Å². The first kappa shape index (κ1) is 69.6. The molecule has 2 atom stereocenters. The summed E-state index contributed by atoms with van der Waals surface area (Å²) in [5, 5.41) is 23.2. The monoisotopic (exact) mass is 1000 g/mol. The topological polar surface area (TPSA) is 69.6 Å². The number of amides is 1. The summed E-state index contributed by atoms with van der Waals surface area (Å²) in [6.45, 7) is 4.21. The van der Waals surface area contributed by atoms with Crippen molar-refractivity contribution in [2.45, 2.75) is 334 Å². The Morgan fingerprint density at radius 2 is 0.625 bits per heavy atom. The highest BCUT2D eigenvalue weighted by Crippen LogP contribution is 2.17. The molecular weight excluding hydrogens is 879 g/mol. The molecule has 4 nitrogen and oxygen atoms in total. The smallest absolute Gasteiger partial charge is 0.220 e. The molecule has 72 heavy (non-hydrogen) atoms. The molecule has 0 fully saturated rings. The summed E-state index contributed by atoms with van der Waals surface area (Å²) >= 11 is 0. The van der Waals surface area contributed by atoms with E-state index in [1.165, 1.54) is 238 Å². The lowest BCUT2D eigenvalue weighted by atomic mass is 10.0. The van der Waals surface area contributed by atoms with Gasteiger partial charge in [-0.1, -0.05) is 324 Å². The summed E-state index contributed by atoms with van der Waals surface area (Å²) in [6, 6.07) is -0.643. The van der Waals surface area contributed by atoms with Crippen LogP contribution in [-0.2, 0) is 4.79 Å². The summed E-state index contributed by atoms with van der Waals surface area (Å²) in [4.78, 5) is 12.5. The van der Waals surface area contributed by atoms with E-state index in [4.69, 9.17) is 0 Å². The second kappa shape index (κ2) is 62.9. The maximum atomic E-state index is 12.5. The molecule has 0 aromatic carbocycles. The first-order valence-corrected chi connectivity index (χ1v) is 31.8. The molecule has 3 N–H and O–H groups in total. The maximum Gasteiger partial charge on any atom is 0.220 e. The second-order valence-corrected chi connectivity index (χ2v) is 21.4. The van der Waals surface area contributed by atoms with Crippen LogP contribution in [0.5, 0.6) is 0 Å². The third-order valence-electron chi connectivity index (χ3n) is 14.4. The minimum Gasteiger partial charge on any atom is -0.394 e. The zero-order chi connectivity index (χ0) is 52.0. The van der Waals surface area contributed by atoms with Gasteiger partial charge in [0.2, 0.25) is 5.91 Å². The number of aliphatic hydroxyl groups excluding tert-OH is 2. The standard InChI is InChI=1S/C68H123NO3/c1-3-5-7-9-11-13-15-17-19-21-23-25-27-29-30-31-32-33-34-35-36-37-38-40-42-44-46-48-50-52-54-56-58-60-62-64-68(72)69-66(65-70)67(71)63-61-59-57-55-53-51-49-47-45-43-41-39-28-26-24-22-20-18-16-14-12-10-8-6-4-2/h5,7,11,13,17,19,23,25,29-30,53,55,61,63,66-67,70-71H,3-4,6,8-10,12,14-16,18,20-22,24,26-28,31-52,54,56-60,62,64-65H2,1-2H3,(H,69,72)/b7-5-,13-11-,19-17-,25-23-,30-29-,55-53+,63-61+. The van der Waals surface area contributed by atoms with E-state index in [9.17, 15) is 15.0 Å². The van der Waals surface area contributed by atoms with Gasteiger partial charge in [0, 0.05) is 6.42 Å². The minimum absolute atomic E-state index is 0.0707. The summed E-state index contributed by atoms with van der Waals surface area (Å²) in [5.41, 5.74) is 0. The Morgan fingerprint density at radius 3 is 0.972 bits per heavy atom. The molecule has 0 heterocycles. The molecule has 0 aliphatic heterocycles. The summed E-state index contributed by atoms with van der Waals surface area (Å²) in [5.74, 6) is -0.0707. The van der Waals surface area contributed by atoms with E-state index >= 15 is 0 Å². The van der Waals surface area contributed by atoms with Crippen LogP contribution in [0.1, 0.15) is 322 Å². The lowest BCUT2D eigenvalue weighted by molar-refractivity contribution is -0.123. The number of aliphatic hydroxyl groups is 2. The van der Waals surface area contributed by atoms with Crippen LogP contribution in [0.15, 0.2) is 85.1 Å². The van der Waals surface area contributed by atoms with E-state index in [2.05, 4.69) is 92.1 Å². The normalized spacial score (nSPS) is 13.3. The Labute approximate surface area is 450 Å². The van der Waals surface area contributed by atoms with E-state index in [1.54, 1.807) is 6.08 Å². The highest BCUT2D eigenvalue weighted by Gasteiger charge is 2.18. The lowest BCUT2D eigenvalue weighted by Crippen LogP contribution is -2.45. The van der Waals surface area contributed by atoms with Gasteiger partial charge in [-0.3, -0.25) is 4.79 Å². The first-order chi connectivity index (χ1) is 35.7. The number of hydrogen-bond acceptors (Lipinski definition) is 3. The number of carbonyl (C=O) groups is 1. The van der Waals surface area contributed by atoms with Crippen molar-refractivity contribution < 1.29 is 15.0 Å². The van der Waals surface area contributed by atoms with Gasteiger partial charge in [-0.2, -0.15) is 0 Å². The molecule has 0 saturated heterocycles. The van der Waals surface area contributed by atoms with Crippen LogP contribution < -0.4 is 5.32 Å². The quantitative estimate of drug-likeness (QED) is 0.0420. The Bertz CT molecular complexity index is 1270. The summed E-state index contributed by atoms with van der Waals surface area (Å²) in [7, 11) is 0. The van der Waals surface area contributed by atoms with Crippen LogP contribution >= 0.6 is 0 Å². The number of hydrogen-bond donors (Lipinski definition) is 3.